The van der Waals surface area contributed by atoms with Gasteiger partial charge in [0.1, 0.15) is 23.8 Å². The number of ether oxygens (including phenoxy) is 1. The number of thiophene rings is 1. The number of carbonyl (C=O) groups excluding carboxylic acids is 5. The molecule has 3 amide bonds. The van der Waals surface area contributed by atoms with Gasteiger partial charge in [-0.1, -0.05) is 6.07 Å². The Balaban J connectivity index is 0.00000252. The zero-order valence-corrected chi connectivity index (χ0v) is 33.4. The first-order valence-electron chi connectivity index (χ1n) is 15.5. The molecule has 2 unspecified atom stereocenters. The molecule has 256 valence electrons. The fourth-order valence-electron chi connectivity index (χ4n) is 6.35. The Morgan fingerprint density at radius 2 is 1.75 bits per heavy atom. The molecule has 1 N–H and O–H groups in total. The summed E-state index contributed by atoms with van der Waals surface area (Å²) in [5.41, 5.74) is -0.919. The van der Waals surface area contributed by atoms with E-state index in [1.807, 2.05) is 11.4 Å². The van der Waals surface area contributed by atoms with E-state index in [1.165, 1.54) is 40.3 Å². The van der Waals surface area contributed by atoms with Gasteiger partial charge in [-0.3, -0.25) is 19.3 Å². The molecule has 3 aromatic rings. The van der Waals surface area contributed by atoms with E-state index in [-0.39, 0.29) is 132 Å². The summed E-state index contributed by atoms with van der Waals surface area (Å²) in [7, 11) is 0. The summed E-state index contributed by atoms with van der Waals surface area (Å²) in [6.45, 7) is 0.336. The van der Waals surface area contributed by atoms with Crippen LogP contribution in [0.25, 0.3) is 10.9 Å². The summed E-state index contributed by atoms with van der Waals surface area (Å²) < 4.78 is 22.5. The zero-order chi connectivity index (χ0) is 34.6. The number of halogens is 1. The number of amides is 3. The van der Waals surface area contributed by atoms with Crippen molar-refractivity contribution in [3.8, 4) is 0 Å². The van der Waals surface area contributed by atoms with Crippen LogP contribution in [0.3, 0.4) is 0 Å². The van der Waals surface area contributed by atoms with Crippen LogP contribution in [-0.4, -0.2) is 94.2 Å². The molecule has 7 rings (SSSR count). The molecule has 0 radical (unpaired) electrons. The maximum atomic E-state index is 15.3. The number of benzene rings is 1. The summed E-state index contributed by atoms with van der Waals surface area (Å²) in [5.74, 6) is -4.74. The molecular weight excluding hydrogens is 727 g/mol. The quantitative estimate of drug-likeness (QED) is 0.162. The van der Waals surface area contributed by atoms with Gasteiger partial charge in [-0.25, -0.2) is 9.18 Å². The van der Waals surface area contributed by atoms with Crippen molar-refractivity contribution in [3.63, 3.8) is 0 Å². The van der Waals surface area contributed by atoms with Gasteiger partial charge in [0.25, 0.3) is 5.91 Å². The van der Waals surface area contributed by atoms with Crippen molar-refractivity contribution in [1.82, 2.24) is 19.7 Å². The second-order valence-corrected chi connectivity index (χ2v) is 14.2. The molecule has 5 heterocycles. The van der Waals surface area contributed by atoms with E-state index in [0.717, 1.165) is 28.7 Å². The molecule has 2 aromatic heterocycles. The number of nitrogens with zero attached hydrogens (tertiary/aromatic N) is 4. The summed E-state index contributed by atoms with van der Waals surface area (Å²) in [5, 5.41) is 27.5. The van der Waals surface area contributed by atoms with Gasteiger partial charge in [0.15, 0.2) is 5.43 Å². The van der Waals surface area contributed by atoms with Gasteiger partial charge < -0.3 is 44.2 Å². The number of pyridine rings is 1. The SMILES string of the molecule is O=C(Cc1cccs1)NC1C(=O)N2C(C(=O)[O-])=C(COC(=O)N3CCN(c4cc5c(cc4F)c(=O)c(C(=O)[O-])cn5C4CC4)CC3)CSC12.[Na+].[Na+]. The number of hydrogen-bond donors (Lipinski definition) is 1. The smallest absolute Gasteiger partial charge is 0.545 e. The Morgan fingerprint density at radius 1 is 1.02 bits per heavy atom. The minimum absolute atomic E-state index is 0. The number of carboxylic acids is 2. The number of fused-ring (bicyclic) bond motifs is 2. The zero-order valence-electron chi connectivity index (χ0n) is 27.7. The minimum Gasteiger partial charge on any atom is -0.545 e. The Labute approximate surface area is 342 Å². The first-order valence-corrected chi connectivity index (χ1v) is 17.4. The van der Waals surface area contributed by atoms with Crippen molar-refractivity contribution >= 4 is 69.5 Å². The summed E-state index contributed by atoms with van der Waals surface area (Å²) >= 11 is 2.65. The molecule has 3 fully saturated rings. The molecule has 51 heavy (non-hydrogen) atoms. The van der Waals surface area contributed by atoms with Crippen LogP contribution < -0.4 is 85.0 Å². The number of rotatable bonds is 9. The average molecular weight is 756 g/mol. The van der Waals surface area contributed by atoms with Gasteiger partial charge in [0.05, 0.1) is 40.8 Å². The topological polar surface area (TPSA) is 184 Å². The Kier molecular flexibility index (Phi) is 12.3. The molecular formula is C32H28FN5Na2O9S2. The third kappa shape index (κ3) is 7.76. The maximum absolute atomic E-state index is 15.3. The van der Waals surface area contributed by atoms with E-state index in [2.05, 4.69) is 5.32 Å². The van der Waals surface area contributed by atoms with Crippen molar-refractivity contribution in [2.75, 3.05) is 43.4 Å². The molecule has 2 saturated heterocycles. The molecule has 3 aliphatic heterocycles. The molecule has 19 heteroatoms. The standard InChI is InChI=1S/C32H30FN5O9S2.2Na/c33-21-11-19-22(37(17-3-4-17)13-20(27(19)40)30(42)43)12-23(21)35-5-7-36(8-6-35)32(46)47-14-16-15-49-29-25(28(41)38(29)26(16)31(44)45)34-24(39)10-18-2-1-9-48-18;;/h1-2,9,11-13,17,25,29H,3-8,10,14-15H2,(H,34,39)(H,42,43)(H,44,45);;/q;2*+1/p-2. The second-order valence-electron chi connectivity index (χ2n) is 12.1. The maximum Gasteiger partial charge on any atom is 1.00 e. The van der Waals surface area contributed by atoms with Crippen molar-refractivity contribution in [2.24, 2.45) is 0 Å². The Hall–Kier alpha value is -2.90. The molecule has 0 spiro atoms. The van der Waals surface area contributed by atoms with Gasteiger partial charge in [-0.2, -0.15) is 0 Å². The van der Waals surface area contributed by atoms with Crippen LogP contribution in [-0.2, 0) is 25.5 Å². The number of hydrogen-bond acceptors (Lipinski definition) is 12. The van der Waals surface area contributed by atoms with Crippen molar-refractivity contribution < 1.29 is 102 Å². The number of β-lactam (4-membered cyclic amide) rings is 1. The second kappa shape index (κ2) is 16.0. The first kappa shape index (κ1) is 39.3. The predicted molar refractivity (Wildman–Crippen MR) is 171 cm³/mol. The number of piperazine rings is 1. The van der Waals surface area contributed by atoms with E-state index >= 15 is 4.39 Å². The van der Waals surface area contributed by atoms with Crippen LogP contribution in [0.4, 0.5) is 14.9 Å². The first-order chi connectivity index (χ1) is 23.5. The largest absolute Gasteiger partial charge is 1.00 e. The van der Waals surface area contributed by atoms with Crippen LogP contribution in [0.2, 0.25) is 0 Å². The van der Waals surface area contributed by atoms with Gasteiger partial charge in [0, 0.05) is 60.0 Å². The van der Waals surface area contributed by atoms with Crippen LogP contribution in [0, 0.1) is 5.82 Å². The number of aromatic nitrogens is 1. The van der Waals surface area contributed by atoms with Crippen LogP contribution in [0.5, 0.6) is 0 Å². The number of anilines is 1. The molecule has 0 bridgehead atoms. The molecule has 2 atom stereocenters. The van der Waals surface area contributed by atoms with E-state index < -0.39 is 58.8 Å². The monoisotopic (exact) mass is 755 g/mol. The van der Waals surface area contributed by atoms with Crippen LogP contribution in [0.15, 0.2) is 51.9 Å². The Bertz CT molecular complexity index is 2000. The fourth-order valence-corrected chi connectivity index (χ4v) is 8.38. The summed E-state index contributed by atoms with van der Waals surface area (Å²) in [6.07, 6.45) is 2.22. The van der Waals surface area contributed by atoms with Crippen molar-refractivity contribution in [1.29, 1.82) is 0 Å². The Morgan fingerprint density at radius 3 is 2.37 bits per heavy atom. The average Bonchev–Trinajstić information content (AvgIpc) is 3.80. The fraction of sp³-hybridized carbons (Fsp3) is 0.375. The van der Waals surface area contributed by atoms with Crippen LogP contribution in [0.1, 0.15) is 34.1 Å². The number of carboxylic acid groups (broad SMARTS) is 2. The van der Waals surface area contributed by atoms with Crippen molar-refractivity contribution in [2.45, 2.75) is 36.7 Å². The van der Waals surface area contributed by atoms with E-state index in [9.17, 15) is 39.0 Å². The third-order valence-corrected chi connectivity index (χ3v) is 11.2. The number of nitrogens with one attached hydrogen (secondary N) is 1. The molecule has 1 aliphatic carbocycles. The van der Waals surface area contributed by atoms with E-state index in [0.29, 0.717) is 5.52 Å². The summed E-state index contributed by atoms with van der Waals surface area (Å²) in [6, 6.07) is 5.29. The van der Waals surface area contributed by atoms with E-state index in [1.54, 1.807) is 15.5 Å². The molecule has 4 aliphatic rings. The third-order valence-electron chi connectivity index (χ3n) is 8.98. The normalized spacial score (nSPS) is 19.8. The number of thioether (sulfide) groups is 1. The summed E-state index contributed by atoms with van der Waals surface area (Å²) in [4.78, 5) is 79.7. The van der Waals surface area contributed by atoms with Gasteiger partial charge >= 0.3 is 65.2 Å². The minimum atomic E-state index is -1.62. The van der Waals surface area contributed by atoms with Gasteiger partial charge in [0.2, 0.25) is 5.91 Å². The number of aromatic carboxylic acids is 1. The molecule has 1 saturated carbocycles. The van der Waals surface area contributed by atoms with E-state index in [4.69, 9.17) is 4.74 Å². The van der Waals surface area contributed by atoms with Gasteiger partial charge in [-0.05, 0) is 36.4 Å². The van der Waals surface area contributed by atoms with Gasteiger partial charge in [-0.15, -0.1) is 23.1 Å². The predicted octanol–water partition coefficient (Wildman–Crippen LogP) is -6.19. The van der Waals surface area contributed by atoms with Crippen molar-refractivity contribution in [3.05, 3.63) is 73.6 Å². The van der Waals surface area contributed by atoms with Crippen LogP contribution >= 0.6 is 23.1 Å². The molecule has 14 nitrogen and oxygen atoms in total. The molecule has 1 aromatic carbocycles. The number of carbonyl (C=O) groups is 5. The number of aliphatic carboxylic acids is 1.